The minimum atomic E-state index is -0.311. The molecule has 1 saturated carbocycles. The lowest BCUT2D eigenvalue weighted by molar-refractivity contribution is 0.0764. The molecule has 2 rings (SSSR count). The zero-order valence-electron chi connectivity index (χ0n) is 10.1. The number of aromatic nitrogens is 2. The standard InChI is InChI=1S/C10H14N2O2.C2H6/c13-10(12-7-6-11-8-12)14-9-4-2-1-3-5-9;1-2/h6-9H,1-5H2;1-2H3. The van der Waals surface area contributed by atoms with E-state index in [2.05, 4.69) is 4.98 Å². The molecule has 0 saturated heterocycles. The van der Waals surface area contributed by atoms with E-state index in [0.717, 1.165) is 12.8 Å². The Morgan fingerprint density at radius 3 is 2.56 bits per heavy atom. The Bertz CT molecular complexity index is 290. The van der Waals surface area contributed by atoms with Crippen LogP contribution >= 0.6 is 0 Å². The quantitative estimate of drug-likeness (QED) is 0.735. The molecule has 0 unspecified atom stereocenters. The molecule has 0 aliphatic heterocycles. The molecule has 1 aromatic rings. The van der Waals surface area contributed by atoms with Crippen molar-refractivity contribution in [3.8, 4) is 0 Å². The molecular formula is C12H20N2O2. The Kier molecular flexibility index (Phi) is 5.61. The number of carbonyl (C=O) groups is 1. The molecule has 0 spiro atoms. The van der Waals surface area contributed by atoms with E-state index in [0.29, 0.717) is 0 Å². The molecule has 1 fully saturated rings. The minimum Gasteiger partial charge on any atom is -0.446 e. The van der Waals surface area contributed by atoms with Gasteiger partial charge in [0.2, 0.25) is 0 Å². The Morgan fingerprint density at radius 1 is 1.31 bits per heavy atom. The van der Waals surface area contributed by atoms with Crippen LogP contribution in [0.25, 0.3) is 0 Å². The largest absolute Gasteiger partial charge is 0.446 e. The number of carbonyl (C=O) groups excluding carboxylic acids is 1. The van der Waals surface area contributed by atoms with E-state index in [4.69, 9.17) is 4.74 Å². The third-order valence-electron chi connectivity index (χ3n) is 2.53. The molecule has 0 aromatic carbocycles. The van der Waals surface area contributed by atoms with Crippen LogP contribution in [-0.2, 0) is 4.74 Å². The predicted molar refractivity (Wildman–Crippen MR) is 62.3 cm³/mol. The average molecular weight is 224 g/mol. The highest BCUT2D eigenvalue weighted by Gasteiger charge is 2.18. The Balaban J connectivity index is 0.000000606. The number of rotatable bonds is 1. The van der Waals surface area contributed by atoms with Gasteiger partial charge in [-0.3, -0.25) is 0 Å². The first-order valence-corrected chi connectivity index (χ1v) is 6.05. The number of hydrogen-bond acceptors (Lipinski definition) is 3. The monoisotopic (exact) mass is 224 g/mol. The highest BCUT2D eigenvalue weighted by Crippen LogP contribution is 2.20. The third kappa shape index (κ3) is 3.68. The van der Waals surface area contributed by atoms with Crippen LogP contribution in [0.15, 0.2) is 18.7 Å². The van der Waals surface area contributed by atoms with Gasteiger partial charge in [-0.05, 0) is 25.7 Å². The summed E-state index contributed by atoms with van der Waals surface area (Å²) in [4.78, 5) is 15.3. The number of ether oxygens (including phenoxy) is 1. The van der Waals surface area contributed by atoms with E-state index < -0.39 is 0 Å². The maximum atomic E-state index is 11.5. The predicted octanol–water partition coefficient (Wildman–Crippen LogP) is 3.23. The van der Waals surface area contributed by atoms with Crippen LogP contribution < -0.4 is 0 Å². The van der Waals surface area contributed by atoms with Gasteiger partial charge in [-0.2, -0.15) is 0 Å². The van der Waals surface area contributed by atoms with Gasteiger partial charge in [0, 0.05) is 12.4 Å². The lowest BCUT2D eigenvalue weighted by Gasteiger charge is -2.21. The van der Waals surface area contributed by atoms with E-state index in [-0.39, 0.29) is 12.2 Å². The topological polar surface area (TPSA) is 44.1 Å². The first-order chi connectivity index (χ1) is 7.86. The maximum Gasteiger partial charge on any atom is 0.419 e. The van der Waals surface area contributed by atoms with E-state index in [9.17, 15) is 4.79 Å². The third-order valence-corrected chi connectivity index (χ3v) is 2.53. The van der Waals surface area contributed by atoms with Crippen LogP contribution in [-0.4, -0.2) is 21.7 Å². The lowest BCUT2D eigenvalue weighted by Crippen LogP contribution is -2.23. The molecule has 0 atom stereocenters. The second-order valence-electron chi connectivity index (χ2n) is 3.61. The first-order valence-electron chi connectivity index (χ1n) is 6.05. The van der Waals surface area contributed by atoms with Crippen molar-refractivity contribution < 1.29 is 9.53 Å². The van der Waals surface area contributed by atoms with Crippen LogP contribution in [0.3, 0.4) is 0 Å². The van der Waals surface area contributed by atoms with Gasteiger partial charge in [-0.1, -0.05) is 20.3 Å². The number of hydrogen-bond donors (Lipinski definition) is 0. The van der Waals surface area contributed by atoms with E-state index in [1.807, 2.05) is 13.8 Å². The van der Waals surface area contributed by atoms with Gasteiger partial charge in [0.25, 0.3) is 0 Å². The fourth-order valence-electron chi connectivity index (χ4n) is 1.75. The van der Waals surface area contributed by atoms with Crippen molar-refractivity contribution in [2.45, 2.75) is 52.1 Å². The van der Waals surface area contributed by atoms with Crippen molar-refractivity contribution in [1.82, 2.24) is 9.55 Å². The lowest BCUT2D eigenvalue weighted by atomic mass is 9.98. The van der Waals surface area contributed by atoms with Crippen LogP contribution in [0.2, 0.25) is 0 Å². The molecule has 90 valence electrons. The van der Waals surface area contributed by atoms with Gasteiger partial charge < -0.3 is 4.74 Å². The van der Waals surface area contributed by atoms with E-state index in [1.165, 1.54) is 30.2 Å². The molecule has 1 aromatic heterocycles. The van der Waals surface area contributed by atoms with Crippen molar-refractivity contribution in [2.75, 3.05) is 0 Å². The molecule has 4 nitrogen and oxygen atoms in total. The molecule has 1 aliphatic rings. The highest BCUT2D eigenvalue weighted by atomic mass is 16.6. The summed E-state index contributed by atoms with van der Waals surface area (Å²) in [5.41, 5.74) is 0. The van der Waals surface area contributed by atoms with Gasteiger partial charge in [0.05, 0.1) is 0 Å². The summed E-state index contributed by atoms with van der Waals surface area (Å²) in [6, 6.07) is 0. The maximum absolute atomic E-state index is 11.5. The second kappa shape index (κ2) is 7.04. The fourth-order valence-corrected chi connectivity index (χ4v) is 1.75. The van der Waals surface area contributed by atoms with Gasteiger partial charge >= 0.3 is 6.09 Å². The Hall–Kier alpha value is -1.32. The van der Waals surface area contributed by atoms with Crippen molar-refractivity contribution >= 4 is 6.09 Å². The van der Waals surface area contributed by atoms with Crippen molar-refractivity contribution in [3.05, 3.63) is 18.7 Å². The fraction of sp³-hybridized carbons (Fsp3) is 0.667. The van der Waals surface area contributed by atoms with Crippen molar-refractivity contribution in [1.29, 1.82) is 0 Å². The molecule has 1 heterocycles. The van der Waals surface area contributed by atoms with Crippen molar-refractivity contribution in [3.63, 3.8) is 0 Å². The van der Waals surface area contributed by atoms with Gasteiger partial charge in [0.1, 0.15) is 12.4 Å². The van der Waals surface area contributed by atoms with Gasteiger partial charge in [-0.15, -0.1) is 0 Å². The zero-order valence-corrected chi connectivity index (χ0v) is 10.1. The van der Waals surface area contributed by atoms with Crippen LogP contribution in [0.5, 0.6) is 0 Å². The Morgan fingerprint density at radius 2 is 2.00 bits per heavy atom. The minimum absolute atomic E-state index is 0.110. The summed E-state index contributed by atoms with van der Waals surface area (Å²) in [5.74, 6) is 0. The highest BCUT2D eigenvalue weighted by molar-refractivity contribution is 5.70. The van der Waals surface area contributed by atoms with Gasteiger partial charge in [0.15, 0.2) is 0 Å². The first kappa shape index (κ1) is 12.7. The summed E-state index contributed by atoms with van der Waals surface area (Å²) in [5, 5.41) is 0. The molecular weight excluding hydrogens is 204 g/mol. The molecule has 0 amide bonds. The SMILES string of the molecule is CC.O=C(OC1CCCCC1)n1ccnc1. The van der Waals surface area contributed by atoms with Crippen LogP contribution in [0.4, 0.5) is 4.79 Å². The van der Waals surface area contributed by atoms with Crippen LogP contribution in [0.1, 0.15) is 46.0 Å². The normalized spacial score (nSPS) is 16.1. The summed E-state index contributed by atoms with van der Waals surface area (Å²) >= 11 is 0. The second-order valence-corrected chi connectivity index (χ2v) is 3.61. The molecule has 0 bridgehead atoms. The summed E-state index contributed by atoms with van der Waals surface area (Å²) < 4.78 is 6.69. The van der Waals surface area contributed by atoms with Crippen LogP contribution in [0, 0.1) is 0 Å². The zero-order chi connectivity index (χ0) is 11.8. The molecule has 16 heavy (non-hydrogen) atoms. The van der Waals surface area contributed by atoms with Gasteiger partial charge in [-0.25, -0.2) is 14.3 Å². The average Bonchev–Trinajstić information content (AvgIpc) is 2.86. The molecule has 4 heteroatoms. The summed E-state index contributed by atoms with van der Waals surface area (Å²) in [7, 11) is 0. The van der Waals surface area contributed by atoms with Crippen molar-refractivity contribution in [2.24, 2.45) is 0 Å². The number of nitrogens with zero attached hydrogens (tertiary/aromatic N) is 2. The molecule has 1 aliphatic carbocycles. The van der Waals surface area contributed by atoms with E-state index >= 15 is 0 Å². The molecule has 0 N–H and O–H groups in total. The number of imidazole rings is 1. The molecule has 0 radical (unpaired) electrons. The summed E-state index contributed by atoms with van der Waals surface area (Å²) in [6.07, 6.45) is 10.0. The smallest absolute Gasteiger partial charge is 0.419 e. The van der Waals surface area contributed by atoms with E-state index in [1.54, 1.807) is 12.4 Å². The Labute approximate surface area is 96.6 Å². The summed E-state index contributed by atoms with van der Waals surface area (Å²) in [6.45, 7) is 4.00.